The first-order valence-corrected chi connectivity index (χ1v) is 5.75. The summed E-state index contributed by atoms with van der Waals surface area (Å²) in [4.78, 5) is 15.3. The fourth-order valence-corrected chi connectivity index (χ4v) is 2.07. The van der Waals surface area contributed by atoms with Crippen LogP contribution in [0, 0.1) is 12.7 Å². The molecule has 0 saturated carbocycles. The van der Waals surface area contributed by atoms with Gasteiger partial charge >= 0.3 is 0 Å². The first kappa shape index (κ1) is 11.6. The summed E-state index contributed by atoms with van der Waals surface area (Å²) in [5.74, 6) is 0.914. The minimum absolute atomic E-state index is 0.299. The number of nitrogens with zero attached hydrogens (tertiary/aromatic N) is 4. The van der Waals surface area contributed by atoms with Gasteiger partial charge in [-0.15, -0.1) is 5.10 Å². The van der Waals surface area contributed by atoms with Crippen LogP contribution in [-0.2, 0) is 7.05 Å². The van der Waals surface area contributed by atoms with Crippen LogP contribution in [-0.4, -0.2) is 25.5 Å². The van der Waals surface area contributed by atoms with Crippen molar-refractivity contribution in [1.29, 1.82) is 0 Å². The van der Waals surface area contributed by atoms with Gasteiger partial charge in [-0.1, -0.05) is 0 Å². The smallest absolute Gasteiger partial charge is 0.233 e. The Bertz CT molecular complexity index is 770. The molecule has 0 aliphatic heterocycles. The summed E-state index contributed by atoms with van der Waals surface area (Å²) in [6, 6.07) is 6.03. The lowest BCUT2D eigenvalue weighted by Crippen LogP contribution is -1.95. The second-order valence-corrected chi connectivity index (χ2v) is 4.30. The summed E-state index contributed by atoms with van der Waals surface area (Å²) >= 11 is 0. The number of carbonyl (C=O) groups is 1. The van der Waals surface area contributed by atoms with E-state index in [0.29, 0.717) is 23.0 Å². The van der Waals surface area contributed by atoms with Gasteiger partial charge in [0.15, 0.2) is 12.1 Å². The van der Waals surface area contributed by atoms with E-state index in [1.54, 1.807) is 23.6 Å². The predicted octanol–water partition coefficient (Wildman–Crippen LogP) is 1.99. The van der Waals surface area contributed by atoms with Gasteiger partial charge in [0.2, 0.25) is 5.78 Å². The number of rotatable bonds is 2. The Morgan fingerprint density at radius 2 is 1.95 bits per heavy atom. The van der Waals surface area contributed by atoms with E-state index in [0.717, 1.165) is 11.8 Å². The lowest BCUT2D eigenvalue weighted by Gasteiger charge is -2.00. The second kappa shape index (κ2) is 4.01. The minimum atomic E-state index is -0.299. The number of halogens is 1. The zero-order valence-electron chi connectivity index (χ0n) is 10.5. The number of hydrogen-bond donors (Lipinski definition) is 0. The van der Waals surface area contributed by atoms with Gasteiger partial charge in [-0.3, -0.25) is 9.36 Å². The standard InChI is InChI=1S/C13H11FN4O/c1-8-11(7-19)18-13(15-8)17(2)12(16-18)9-3-5-10(14)6-4-9/h3-7H,1-2H3. The number of fused-ring (bicyclic) bond motifs is 1. The molecule has 2 aromatic heterocycles. The minimum Gasteiger partial charge on any atom is -0.296 e. The van der Waals surface area contributed by atoms with E-state index in [1.165, 1.54) is 16.6 Å². The first-order valence-electron chi connectivity index (χ1n) is 5.75. The van der Waals surface area contributed by atoms with Gasteiger partial charge in [-0.05, 0) is 31.2 Å². The topological polar surface area (TPSA) is 52.2 Å². The lowest BCUT2D eigenvalue weighted by molar-refractivity contribution is 0.111. The molecule has 0 amide bonds. The number of aryl methyl sites for hydroxylation is 2. The Labute approximate surface area is 108 Å². The van der Waals surface area contributed by atoms with Crippen molar-refractivity contribution in [2.24, 2.45) is 7.05 Å². The van der Waals surface area contributed by atoms with Crippen molar-refractivity contribution in [2.75, 3.05) is 0 Å². The summed E-state index contributed by atoms with van der Waals surface area (Å²) in [5.41, 5.74) is 1.83. The van der Waals surface area contributed by atoms with Gasteiger partial charge in [-0.2, -0.15) is 4.52 Å². The Morgan fingerprint density at radius 3 is 2.58 bits per heavy atom. The Hall–Kier alpha value is -2.50. The maximum absolute atomic E-state index is 12.9. The first-order chi connectivity index (χ1) is 9.11. The average Bonchev–Trinajstić information content (AvgIpc) is 2.87. The number of aldehydes is 1. The third kappa shape index (κ3) is 1.64. The molecule has 0 N–H and O–H groups in total. The van der Waals surface area contributed by atoms with Crippen molar-refractivity contribution in [2.45, 2.75) is 6.92 Å². The summed E-state index contributed by atoms with van der Waals surface area (Å²) in [7, 11) is 1.81. The van der Waals surface area contributed by atoms with Crippen molar-refractivity contribution in [3.05, 3.63) is 41.5 Å². The van der Waals surface area contributed by atoms with Crippen LogP contribution in [0.2, 0.25) is 0 Å². The SMILES string of the molecule is Cc1nc2n(C)c(-c3ccc(F)cc3)nn2c1C=O. The molecule has 0 aliphatic rings. The molecule has 0 bridgehead atoms. The van der Waals surface area contributed by atoms with Crippen LogP contribution >= 0.6 is 0 Å². The summed E-state index contributed by atoms with van der Waals surface area (Å²) in [5, 5.41) is 4.37. The molecule has 5 nitrogen and oxygen atoms in total. The van der Waals surface area contributed by atoms with Crippen LogP contribution in [0.15, 0.2) is 24.3 Å². The summed E-state index contributed by atoms with van der Waals surface area (Å²) in [6.45, 7) is 1.76. The molecular formula is C13H11FN4O. The zero-order chi connectivity index (χ0) is 13.6. The van der Waals surface area contributed by atoms with Gasteiger partial charge in [0.25, 0.3) is 0 Å². The fourth-order valence-electron chi connectivity index (χ4n) is 2.07. The van der Waals surface area contributed by atoms with E-state index in [-0.39, 0.29) is 5.82 Å². The average molecular weight is 258 g/mol. The van der Waals surface area contributed by atoms with Crippen molar-refractivity contribution in [3.63, 3.8) is 0 Å². The Morgan fingerprint density at radius 1 is 1.26 bits per heavy atom. The molecule has 0 saturated heterocycles. The van der Waals surface area contributed by atoms with Crippen molar-refractivity contribution in [3.8, 4) is 11.4 Å². The molecule has 3 aromatic rings. The Balaban J connectivity index is 2.25. The van der Waals surface area contributed by atoms with Crippen LogP contribution in [0.5, 0.6) is 0 Å². The van der Waals surface area contributed by atoms with Crippen LogP contribution in [0.25, 0.3) is 17.2 Å². The number of hydrogen-bond acceptors (Lipinski definition) is 3. The molecule has 2 heterocycles. The third-order valence-corrected chi connectivity index (χ3v) is 3.08. The molecule has 0 aliphatic carbocycles. The Kier molecular flexibility index (Phi) is 2.45. The number of benzene rings is 1. The van der Waals surface area contributed by atoms with Crippen molar-refractivity contribution < 1.29 is 9.18 Å². The highest BCUT2D eigenvalue weighted by Gasteiger charge is 2.16. The number of carbonyl (C=O) groups excluding carboxylic acids is 1. The highest BCUT2D eigenvalue weighted by Crippen LogP contribution is 2.20. The van der Waals surface area contributed by atoms with Gasteiger partial charge < -0.3 is 0 Å². The highest BCUT2D eigenvalue weighted by atomic mass is 19.1. The maximum atomic E-state index is 12.9. The quantitative estimate of drug-likeness (QED) is 0.660. The zero-order valence-corrected chi connectivity index (χ0v) is 10.5. The number of imidazole rings is 1. The monoisotopic (exact) mass is 258 g/mol. The molecule has 6 heteroatoms. The van der Waals surface area contributed by atoms with Crippen molar-refractivity contribution >= 4 is 12.1 Å². The van der Waals surface area contributed by atoms with Crippen LogP contribution in [0.3, 0.4) is 0 Å². The fraction of sp³-hybridized carbons (Fsp3) is 0.154. The predicted molar refractivity (Wildman–Crippen MR) is 67.5 cm³/mol. The van der Waals surface area contributed by atoms with E-state index in [2.05, 4.69) is 10.1 Å². The van der Waals surface area contributed by atoms with E-state index in [4.69, 9.17) is 0 Å². The van der Waals surface area contributed by atoms with E-state index >= 15 is 0 Å². The van der Waals surface area contributed by atoms with Gasteiger partial charge in [0, 0.05) is 12.6 Å². The molecule has 0 radical (unpaired) electrons. The normalized spacial score (nSPS) is 11.1. The third-order valence-electron chi connectivity index (χ3n) is 3.08. The summed E-state index contributed by atoms with van der Waals surface area (Å²) in [6.07, 6.45) is 0.733. The van der Waals surface area contributed by atoms with Crippen LogP contribution in [0.4, 0.5) is 4.39 Å². The molecule has 0 spiro atoms. The van der Waals surface area contributed by atoms with Crippen molar-refractivity contribution in [1.82, 2.24) is 19.2 Å². The second-order valence-electron chi connectivity index (χ2n) is 4.30. The van der Waals surface area contributed by atoms with Gasteiger partial charge in [-0.25, -0.2) is 9.37 Å². The molecular weight excluding hydrogens is 247 g/mol. The van der Waals surface area contributed by atoms with Crippen LogP contribution < -0.4 is 0 Å². The van der Waals surface area contributed by atoms with E-state index in [9.17, 15) is 9.18 Å². The van der Waals surface area contributed by atoms with E-state index in [1.807, 2.05) is 7.05 Å². The molecule has 1 aromatic carbocycles. The lowest BCUT2D eigenvalue weighted by atomic mass is 10.2. The highest BCUT2D eigenvalue weighted by molar-refractivity contribution is 5.76. The molecule has 19 heavy (non-hydrogen) atoms. The molecule has 96 valence electrons. The molecule has 3 rings (SSSR count). The summed E-state index contributed by atoms with van der Waals surface area (Å²) < 4.78 is 16.2. The molecule has 0 unspecified atom stereocenters. The molecule has 0 fully saturated rings. The molecule has 0 atom stereocenters. The van der Waals surface area contributed by atoms with Gasteiger partial charge in [0.05, 0.1) is 5.69 Å². The largest absolute Gasteiger partial charge is 0.296 e. The van der Waals surface area contributed by atoms with E-state index < -0.39 is 0 Å². The number of aromatic nitrogens is 4. The van der Waals surface area contributed by atoms with Gasteiger partial charge in [0.1, 0.15) is 11.5 Å². The maximum Gasteiger partial charge on any atom is 0.233 e. The van der Waals surface area contributed by atoms with Crippen LogP contribution in [0.1, 0.15) is 16.2 Å².